The number of carbonyl (C=O) groups excluding carboxylic acids is 1. The van der Waals surface area contributed by atoms with Crippen LogP contribution in [0.2, 0.25) is 0 Å². The first kappa shape index (κ1) is 15.7. The highest BCUT2D eigenvalue weighted by atomic mass is 16.5. The van der Waals surface area contributed by atoms with E-state index in [1.54, 1.807) is 13.2 Å². The molecule has 1 aromatic carbocycles. The van der Waals surface area contributed by atoms with Gasteiger partial charge in [0, 0.05) is 37.5 Å². The smallest absolute Gasteiger partial charge is 0.187 e. The highest BCUT2D eigenvalue weighted by Crippen LogP contribution is 2.25. The minimum absolute atomic E-state index is 0.00205. The molecule has 0 aliphatic carbocycles. The lowest BCUT2D eigenvalue weighted by atomic mass is 9.99. The Morgan fingerprint density at radius 1 is 1.24 bits per heavy atom. The van der Waals surface area contributed by atoms with Crippen molar-refractivity contribution in [2.45, 2.75) is 19.4 Å². The Bertz CT molecular complexity index is 502. The molecular formula is C17H23NO3. The monoisotopic (exact) mass is 289 g/mol. The van der Waals surface area contributed by atoms with Crippen molar-refractivity contribution in [2.24, 2.45) is 0 Å². The molecule has 0 spiro atoms. The number of methoxy groups -OCH3 is 1. The van der Waals surface area contributed by atoms with Crippen molar-refractivity contribution in [2.75, 3.05) is 33.4 Å². The maximum absolute atomic E-state index is 12.5. The molecule has 1 aromatic rings. The predicted molar refractivity (Wildman–Crippen MR) is 82.3 cm³/mol. The summed E-state index contributed by atoms with van der Waals surface area (Å²) < 4.78 is 11.0. The number of carbonyl (C=O) groups is 1. The standard InChI is InChI=1S/C17H23NO3/c1-17(2,20-3)16(18-9-11-21-12-10-18)13-15(19)14-7-5-4-6-8-14/h4-8,13H,9-12H2,1-3H3. The lowest BCUT2D eigenvalue weighted by molar-refractivity contribution is -0.00182. The largest absolute Gasteiger partial charge is 0.378 e. The first-order valence-corrected chi connectivity index (χ1v) is 7.24. The van der Waals surface area contributed by atoms with Crippen molar-refractivity contribution >= 4 is 5.78 Å². The molecule has 4 nitrogen and oxygen atoms in total. The Hall–Kier alpha value is -1.65. The second kappa shape index (κ2) is 6.87. The van der Waals surface area contributed by atoms with Crippen LogP contribution in [0.3, 0.4) is 0 Å². The fourth-order valence-corrected chi connectivity index (χ4v) is 2.36. The molecule has 0 atom stereocenters. The Morgan fingerprint density at radius 2 is 1.86 bits per heavy atom. The molecule has 21 heavy (non-hydrogen) atoms. The van der Waals surface area contributed by atoms with Gasteiger partial charge >= 0.3 is 0 Å². The first-order chi connectivity index (χ1) is 10.0. The summed E-state index contributed by atoms with van der Waals surface area (Å²) in [6.45, 7) is 6.87. The maximum atomic E-state index is 12.5. The SMILES string of the molecule is COC(C)(C)C(=CC(=O)c1ccccc1)N1CCOCC1. The molecule has 2 rings (SSSR count). The fourth-order valence-electron chi connectivity index (χ4n) is 2.36. The summed E-state index contributed by atoms with van der Waals surface area (Å²) in [6, 6.07) is 9.31. The minimum Gasteiger partial charge on any atom is -0.378 e. The van der Waals surface area contributed by atoms with E-state index < -0.39 is 5.60 Å². The van der Waals surface area contributed by atoms with Crippen molar-refractivity contribution in [1.82, 2.24) is 4.90 Å². The van der Waals surface area contributed by atoms with Gasteiger partial charge in [0.25, 0.3) is 0 Å². The van der Waals surface area contributed by atoms with Crippen molar-refractivity contribution in [3.63, 3.8) is 0 Å². The Morgan fingerprint density at radius 3 is 2.43 bits per heavy atom. The van der Waals surface area contributed by atoms with Gasteiger partial charge < -0.3 is 14.4 Å². The number of hydrogen-bond acceptors (Lipinski definition) is 4. The molecule has 0 amide bonds. The van der Waals surface area contributed by atoms with Gasteiger partial charge in [0.05, 0.1) is 13.2 Å². The number of morpholine rings is 1. The third-order valence-corrected chi connectivity index (χ3v) is 3.81. The quantitative estimate of drug-likeness (QED) is 0.617. The van der Waals surface area contributed by atoms with E-state index in [1.165, 1.54) is 0 Å². The van der Waals surface area contributed by atoms with Crippen LogP contribution in [0.1, 0.15) is 24.2 Å². The van der Waals surface area contributed by atoms with Crippen LogP contribution >= 0.6 is 0 Å². The normalized spacial score (nSPS) is 16.9. The van der Waals surface area contributed by atoms with E-state index in [0.717, 1.165) is 18.8 Å². The molecule has 1 aliphatic rings. The van der Waals surface area contributed by atoms with E-state index in [-0.39, 0.29) is 5.78 Å². The minimum atomic E-state index is -0.512. The van der Waals surface area contributed by atoms with Crippen LogP contribution in [-0.2, 0) is 9.47 Å². The number of nitrogens with zero attached hydrogens (tertiary/aromatic N) is 1. The summed E-state index contributed by atoms with van der Waals surface area (Å²) in [6.07, 6.45) is 1.70. The van der Waals surface area contributed by atoms with Crippen LogP contribution in [0.15, 0.2) is 42.1 Å². The number of ketones is 1. The number of hydrogen-bond donors (Lipinski definition) is 0. The highest BCUT2D eigenvalue weighted by Gasteiger charge is 2.29. The molecule has 114 valence electrons. The molecule has 4 heteroatoms. The Balaban J connectivity index is 2.30. The van der Waals surface area contributed by atoms with E-state index in [9.17, 15) is 4.79 Å². The lowest BCUT2D eigenvalue weighted by Crippen LogP contribution is -2.43. The van der Waals surface area contributed by atoms with Crippen LogP contribution in [0.25, 0.3) is 0 Å². The summed E-state index contributed by atoms with van der Waals surface area (Å²) in [5.74, 6) is 0.00205. The van der Waals surface area contributed by atoms with Gasteiger partial charge in [-0.3, -0.25) is 4.79 Å². The number of ether oxygens (including phenoxy) is 2. The van der Waals surface area contributed by atoms with Crippen molar-refractivity contribution in [1.29, 1.82) is 0 Å². The van der Waals surface area contributed by atoms with E-state index in [0.29, 0.717) is 18.8 Å². The van der Waals surface area contributed by atoms with E-state index in [2.05, 4.69) is 4.90 Å². The van der Waals surface area contributed by atoms with Crippen molar-refractivity contribution in [3.8, 4) is 0 Å². The number of benzene rings is 1. The van der Waals surface area contributed by atoms with Crippen molar-refractivity contribution < 1.29 is 14.3 Å². The third-order valence-electron chi connectivity index (χ3n) is 3.81. The van der Waals surface area contributed by atoms with E-state index in [1.807, 2.05) is 44.2 Å². The molecular weight excluding hydrogens is 266 g/mol. The third kappa shape index (κ3) is 3.93. The molecule has 1 fully saturated rings. The molecule has 0 aromatic heterocycles. The van der Waals surface area contributed by atoms with Crippen LogP contribution in [-0.4, -0.2) is 49.7 Å². The van der Waals surface area contributed by atoms with Crippen LogP contribution < -0.4 is 0 Å². The Labute approximate surface area is 126 Å². The van der Waals surface area contributed by atoms with Crippen LogP contribution in [0, 0.1) is 0 Å². The zero-order valence-electron chi connectivity index (χ0n) is 13.0. The van der Waals surface area contributed by atoms with Gasteiger partial charge in [0.15, 0.2) is 5.78 Å². The summed E-state index contributed by atoms with van der Waals surface area (Å²) in [5.41, 5.74) is 1.08. The highest BCUT2D eigenvalue weighted by molar-refractivity contribution is 6.04. The first-order valence-electron chi connectivity index (χ1n) is 7.24. The zero-order chi connectivity index (χ0) is 15.3. The molecule has 0 N–H and O–H groups in total. The van der Waals surface area contributed by atoms with Gasteiger partial charge in [-0.1, -0.05) is 30.3 Å². The maximum Gasteiger partial charge on any atom is 0.187 e. The van der Waals surface area contributed by atoms with Crippen molar-refractivity contribution in [3.05, 3.63) is 47.7 Å². The topological polar surface area (TPSA) is 38.8 Å². The molecule has 1 heterocycles. The average Bonchev–Trinajstić information content (AvgIpc) is 2.54. The fraction of sp³-hybridized carbons (Fsp3) is 0.471. The van der Waals surface area contributed by atoms with Crippen LogP contribution in [0.4, 0.5) is 0 Å². The second-order valence-corrected chi connectivity index (χ2v) is 5.57. The van der Waals surface area contributed by atoms with Gasteiger partial charge in [-0.05, 0) is 13.8 Å². The summed E-state index contributed by atoms with van der Waals surface area (Å²) in [7, 11) is 1.67. The number of rotatable bonds is 5. The predicted octanol–water partition coefficient (Wildman–Crippen LogP) is 2.51. The molecule has 0 unspecified atom stereocenters. The molecule has 0 saturated carbocycles. The molecule has 1 saturated heterocycles. The number of allylic oxidation sites excluding steroid dienone is 1. The summed E-state index contributed by atoms with van der Waals surface area (Å²) in [4.78, 5) is 14.6. The van der Waals surface area contributed by atoms with Gasteiger partial charge in [-0.15, -0.1) is 0 Å². The lowest BCUT2D eigenvalue weighted by Gasteiger charge is -2.38. The molecule has 0 radical (unpaired) electrons. The van der Waals surface area contributed by atoms with Gasteiger partial charge in [-0.25, -0.2) is 0 Å². The Kier molecular flexibility index (Phi) is 5.15. The summed E-state index contributed by atoms with van der Waals surface area (Å²) >= 11 is 0. The van der Waals surface area contributed by atoms with E-state index in [4.69, 9.17) is 9.47 Å². The average molecular weight is 289 g/mol. The molecule has 1 aliphatic heterocycles. The molecule has 0 bridgehead atoms. The van der Waals surface area contributed by atoms with Gasteiger partial charge in [0.2, 0.25) is 0 Å². The van der Waals surface area contributed by atoms with Crippen LogP contribution in [0.5, 0.6) is 0 Å². The summed E-state index contributed by atoms with van der Waals surface area (Å²) in [5, 5.41) is 0. The van der Waals surface area contributed by atoms with Gasteiger partial charge in [-0.2, -0.15) is 0 Å². The van der Waals surface area contributed by atoms with E-state index >= 15 is 0 Å². The zero-order valence-corrected chi connectivity index (χ0v) is 13.0. The van der Waals surface area contributed by atoms with Gasteiger partial charge in [0.1, 0.15) is 5.60 Å². The second-order valence-electron chi connectivity index (χ2n) is 5.57.